The van der Waals surface area contributed by atoms with Gasteiger partial charge in [0.2, 0.25) is 20.0 Å². The molecule has 0 N–H and O–H groups in total. The molecule has 5 rings (SSSR count). The average Bonchev–Trinajstić information content (AvgIpc) is 3.00. The largest absolute Gasteiger partial charge is 0.256 e. The molecule has 2 aliphatic rings. The first-order valence-electron chi connectivity index (χ1n) is 14.5. The van der Waals surface area contributed by atoms with E-state index in [2.05, 4.69) is 23.8 Å². The topological polar surface area (TPSA) is 99.5 Å². The van der Waals surface area contributed by atoms with Gasteiger partial charge >= 0.3 is 0 Å². The summed E-state index contributed by atoms with van der Waals surface area (Å²) in [6.07, 6.45) is 7.04. The number of piperidine rings is 2. The fourth-order valence-corrected chi connectivity index (χ4v) is 8.06. The summed E-state index contributed by atoms with van der Waals surface area (Å²) >= 11 is 0. The lowest BCUT2D eigenvalue weighted by atomic mass is 10.0. The average molecular weight is 607 g/mol. The van der Waals surface area contributed by atoms with Crippen LogP contribution in [0.5, 0.6) is 0 Å². The van der Waals surface area contributed by atoms with Gasteiger partial charge in [-0.3, -0.25) is 9.98 Å². The van der Waals surface area contributed by atoms with Gasteiger partial charge in [-0.2, -0.15) is 8.61 Å². The van der Waals surface area contributed by atoms with Crippen molar-refractivity contribution < 1.29 is 16.8 Å². The van der Waals surface area contributed by atoms with Crippen LogP contribution in [0.3, 0.4) is 0 Å². The molecule has 42 heavy (non-hydrogen) atoms. The second-order valence-electron chi connectivity index (χ2n) is 11.3. The van der Waals surface area contributed by atoms with Gasteiger partial charge in [-0.25, -0.2) is 16.8 Å². The van der Waals surface area contributed by atoms with Gasteiger partial charge in [-0.15, -0.1) is 0 Å². The quantitative estimate of drug-likeness (QED) is 0.292. The van der Waals surface area contributed by atoms with E-state index in [-0.39, 0.29) is 0 Å². The summed E-state index contributed by atoms with van der Waals surface area (Å²) in [5.41, 5.74) is 3.14. The van der Waals surface area contributed by atoms with E-state index in [9.17, 15) is 16.8 Å². The molecule has 3 aromatic rings. The van der Waals surface area contributed by atoms with Crippen molar-refractivity contribution in [2.75, 3.05) is 26.2 Å². The van der Waals surface area contributed by atoms with Crippen molar-refractivity contribution in [3.05, 3.63) is 83.9 Å². The molecule has 2 heterocycles. The van der Waals surface area contributed by atoms with Crippen molar-refractivity contribution in [2.24, 2.45) is 21.8 Å². The van der Waals surface area contributed by atoms with Crippen LogP contribution in [0.1, 0.15) is 50.7 Å². The fraction of sp³-hybridized carbons (Fsp3) is 0.375. The molecule has 0 amide bonds. The van der Waals surface area contributed by atoms with Crippen LogP contribution >= 0.6 is 0 Å². The smallest absolute Gasteiger partial charge is 0.243 e. The van der Waals surface area contributed by atoms with E-state index in [0.717, 1.165) is 36.8 Å². The van der Waals surface area contributed by atoms with E-state index in [4.69, 9.17) is 0 Å². The Bertz CT molecular complexity index is 1490. The number of rotatable bonds is 8. The standard InChI is InChI=1S/C32H38N4O4S2/c1-25-15-19-35(20-16-25)41(37,38)31-11-7-29(8-12-31)33-23-27-3-5-28(6-4-27)24-34-30-9-13-32(14-10-30)42(39,40)36-21-17-26(2)18-22-36/h3-14,23-26H,15-22H2,1-2H3. The van der Waals surface area contributed by atoms with Crippen molar-refractivity contribution in [3.63, 3.8) is 0 Å². The lowest BCUT2D eigenvalue weighted by molar-refractivity contribution is 0.287. The summed E-state index contributed by atoms with van der Waals surface area (Å²) in [6, 6.07) is 21.1. The minimum absolute atomic E-state index is 0.299. The van der Waals surface area contributed by atoms with Crippen molar-refractivity contribution >= 4 is 43.9 Å². The first kappa shape index (κ1) is 30.3. The van der Waals surface area contributed by atoms with Crippen LogP contribution < -0.4 is 0 Å². The van der Waals surface area contributed by atoms with Gasteiger partial charge in [-0.05, 0) is 97.2 Å². The van der Waals surface area contributed by atoms with E-state index in [1.165, 1.54) is 0 Å². The minimum Gasteiger partial charge on any atom is -0.256 e. The van der Waals surface area contributed by atoms with Crippen LogP contribution in [0.2, 0.25) is 0 Å². The molecule has 2 aliphatic heterocycles. The Balaban J connectivity index is 1.17. The zero-order chi connectivity index (χ0) is 29.7. The summed E-state index contributed by atoms with van der Waals surface area (Å²) < 4.78 is 54.9. The predicted octanol–water partition coefficient (Wildman–Crippen LogP) is 6.03. The second kappa shape index (κ2) is 13.0. The van der Waals surface area contributed by atoms with Crippen LogP contribution in [0.25, 0.3) is 0 Å². The van der Waals surface area contributed by atoms with E-state index in [1.807, 2.05) is 24.3 Å². The van der Waals surface area contributed by atoms with E-state index < -0.39 is 20.0 Å². The van der Waals surface area contributed by atoms with Gasteiger partial charge in [-0.1, -0.05) is 38.1 Å². The van der Waals surface area contributed by atoms with Crippen molar-refractivity contribution in [1.29, 1.82) is 0 Å². The maximum atomic E-state index is 12.9. The second-order valence-corrected chi connectivity index (χ2v) is 15.2. The Morgan fingerprint density at radius 2 is 0.857 bits per heavy atom. The SMILES string of the molecule is CC1CCN(S(=O)(=O)c2ccc(N=Cc3ccc(C=Nc4ccc(S(=O)(=O)N5CCC(C)CC5)cc4)cc3)cc2)CC1. The van der Waals surface area contributed by atoms with Gasteiger partial charge in [0.1, 0.15) is 0 Å². The summed E-state index contributed by atoms with van der Waals surface area (Å²) in [7, 11) is -6.95. The molecule has 0 atom stereocenters. The fourth-order valence-electron chi connectivity index (χ4n) is 5.12. The zero-order valence-electron chi connectivity index (χ0n) is 24.1. The van der Waals surface area contributed by atoms with Gasteiger partial charge in [0.15, 0.2) is 0 Å². The molecule has 0 unspecified atom stereocenters. The molecule has 0 aliphatic carbocycles. The van der Waals surface area contributed by atoms with Gasteiger partial charge in [0, 0.05) is 38.6 Å². The lowest BCUT2D eigenvalue weighted by Crippen LogP contribution is -2.37. The first-order chi connectivity index (χ1) is 20.1. The van der Waals surface area contributed by atoms with Gasteiger partial charge < -0.3 is 0 Å². The Morgan fingerprint density at radius 3 is 1.17 bits per heavy atom. The monoisotopic (exact) mass is 606 g/mol. The number of aliphatic imine (C=N–C) groups is 2. The number of hydrogen-bond acceptors (Lipinski definition) is 6. The third-order valence-electron chi connectivity index (χ3n) is 8.10. The molecule has 0 spiro atoms. The Morgan fingerprint density at radius 1 is 0.548 bits per heavy atom. The van der Waals surface area contributed by atoms with Crippen LogP contribution in [0, 0.1) is 11.8 Å². The third kappa shape index (κ3) is 7.23. The van der Waals surface area contributed by atoms with Crippen LogP contribution in [-0.4, -0.2) is 64.1 Å². The van der Waals surface area contributed by atoms with Crippen molar-refractivity contribution in [1.82, 2.24) is 8.61 Å². The summed E-state index contributed by atoms with van der Waals surface area (Å²) in [5.74, 6) is 1.13. The van der Waals surface area contributed by atoms with Crippen molar-refractivity contribution in [2.45, 2.75) is 49.3 Å². The van der Waals surface area contributed by atoms with Crippen LogP contribution in [-0.2, 0) is 20.0 Å². The van der Waals surface area contributed by atoms with Gasteiger partial charge in [0.25, 0.3) is 0 Å². The summed E-state index contributed by atoms with van der Waals surface area (Å²) in [4.78, 5) is 9.58. The molecule has 0 saturated carbocycles. The van der Waals surface area contributed by atoms with Crippen molar-refractivity contribution in [3.8, 4) is 0 Å². The van der Waals surface area contributed by atoms with E-state index in [0.29, 0.717) is 59.2 Å². The highest BCUT2D eigenvalue weighted by Gasteiger charge is 2.29. The molecule has 0 aromatic heterocycles. The molecule has 0 bridgehead atoms. The third-order valence-corrected chi connectivity index (χ3v) is 11.9. The molecule has 10 heteroatoms. The minimum atomic E-state index is -3.47. The molecule has 0 radical (unpaired) electrons. The van der Waals surface area contributed by atoms with Gasteiger partial charge in [0.05, 0.1) is 21.2 Å². The number of benzene rings is 3. The maximum Gasteiger partial charge on any atom is 0.243 e. The Hall–Kier alpha value is -3.18. The molecule has 3 aromatic carbocycles. The molecular weight excluding hydrogens is 569 g/mol. The Labute approximate surface area is 249 Å². The first-order valence-corrected chi connectivity index (χ1v) is 17.4. The van der Waals surface area contributed by atoms with E-state index in [1.54, 1.807) is 69.6 Å². The number of hydrogen-bond donors (Lipinski definition) is 0. The molecule has 8 nitrogen and oxygen atoms in total. The molecular formula is C32H38N4O4S2. The number of sulfonamides is 2. The molecule has 2 fully saturated rings. The molecule has 2 saturated heterocycles. The zero-order valence-corrected chi connectivity index (χ0v) is 25.8. The highest BCUT2D eigenvalue weighted by Crippen LogP contribution is 2.26. The summed E-state index contributed by atoms with van der Waals surface area (Å²) in [5, 5.41) is 0. The lowest BCUT2D eigenvalue weighted by Gasteiger charge is -2.29. The van der Waals surface area contributed by atoms with Crippen LogP contribution in [0.4, 0.5) is 11.4 Å². The molecule has 222 valence electrons. The predicted molar refractivity (Wildman–Crippen MR) is 168 cm³/mol. The normalized spacial score (nSPS) is 18.7. The Kier molecular flexibility index (Phi) is 9.37. The van der Waals surface area contributed by atoms with E-state index >= 15 is 0 Å². The highest BCUT2D eigenvalue weighted by molar-refractivity contribution is 7.89. The highest BCUT2D eigenvalue weighted by atomic mass is 32.2. The summed E-state index contributed by atoms with van der Waals surface area (Å²) in [6.45, 7) is 6.59. The number of nitrogens with zero attached hydrogens (tertiary/aromatic N) is 4. The maximum absolute atomic E-state index is 12.9. The van der Waals surface area contributed by atoms with Crippen LogP contribution in [0.15, 0.2) is 92.6 Å².